The van der Waals surface area contributed by atoms with Crippen LogP contribution in [0.15, 0.2) is 29.1 Å². The van der Waals surface area contributed by atoms with E-state index in [1.807, 2.05) is 0 Å². The van der Waals surface area contributed by atoms with Gasteiger partial charge in [0.1, 0.15) is 5.69 Å². The first-order valence-electron chi connectivity index (χ1n) is 5.51. The van der Waals surface area contributed by atoms with Gasteiger partial charge in [0.2, 0.25) is 5.88 Å². The summed E-state index contributed by atoms with van der Waals surface area (Å²) in [5.41, 5.74) is 0.746. The molecule has 2 aromatic heterocycles. The second-order valence-corrected chi connectivity index (χ2v) is 4.54. The number of nitrogens with zero attached hydrogens (tertiary/aromatic N) is 3. The molecule has 0 bridgehead atoms. The van der Waals surface area contributed by atoms with Gasteiger partial charge in [-0.3, -0.25) is 9.78 Å². The second-order valence-electron chi connectivity index (χ2n) is 3.63. The summed E-state index contributed by atoms with van der Waals surface area (Å²) in [6, 6.07) is 1.81. The van der Waals surface area contributed by atoms with Crippen molar-refractivity contribution in [2.75, 3.05) is 19.5 Å². The number of rotatable bonds is 4. The number of methoxy groups -OCH3 is 2. The minimum atomic E-state index is -0.342. The summed E-state index contributed by atoms with van der Waals surface area (Å²) in [7, 11) is 2.89. The van der Waals surface area contributed by atoms with Gasteiger partial charge in [0.15, 0.2) is 0 Å². The van der Waals surface area contributed by atoms with E-state index in [0.717, 1.165) is 0 Å². The topological polar surface area (TPSA) is 86.2 Å². The van der Waals surface area contributed by atoms with Crippen molar-refractivity contribution in [2.24, 2.45) is 0 Å². The standard InChI is InChI=1S/C12H11BrN4O3/c1-19-11-9(6-15-12(17-11)20-2)16-10(18)7-3-8(13)5-14-4-7/h3-6H,1-2H3,(H,16,18). The van der Waals surface area contributed by atoms with Crippen molar-refractivity contribution in [2.45, 2.75) is 0 Å². The minimum absolute atomic E-state index is 0.156. The Morgan fingerprint density at radius 2 is 2.05 bits per heavy atom. The third-order valence-corrected chi connectivity index (χ3v) is 2.76. The van der Waals surface area contributed by atoms with Crippen LogP contribution in [-0.4, -0.2) is 35.1 Å². The number of aromatic nitrogens is 3. The van der Waals surface area contributed by atoms with E-state index in [1.165, 1.54) is 26.6 Å². The molecule has 2 rings (SSSR count). The van der Waals surface area contributed by atoms with Gasteiger partial charge in [-0.25, -0.2) is 4.98 Å². The Balaban J connectivity index is 2.23. The molecule has 0 atom stereocenters. The molecule has 0 aliphatic rings. The number of amides is 1. The van der Waals surface area contributed by atoms with Crippen LogP contribution in [0.25, 0.3) is 0 Å². The fraction of sp³-hybridized carbons (Fsp3) is 0.167. The van der Waals surface area contributed by atoms with Crippen molar-refractivity contribution in [3.8, 4) is 11.9 Å². The molecule has 2 heterocycles. The molecule has 0 aliphatic carbocycles. The minimum Gasteiger partial charge on any atom is -0.479 e. The summed E-state index contributed by atoms with van der Waals surface area (Å²) in [5, 5.41) is 2.65. The van der Waals surface area contributed by atoms with Crippen LogP contribution in [0.5, 0.6) is 11.9 Å². The lowest BCUT2D eigenvalue weighted by Gasteiger charge is -2.09. The van der Waals surface area contributed by atoms with E-state index in [2.05, 4.69) is 36.2 Å². The molecule has 7 nitrogen and oxygen atoms in total. The Labute approximate surface area is 123 Å². The Morgan fingerprint density at radius 3 is 2.70 bits per heavy atom. The van der Waals surface area contributed by atoms with Gasteiger partial charge in [0, 0.05) is 16.9 Å². The van der Waals surface area contributed by atoms with Crippen LogP contribution < -0.4 is 14.8 Å². The average molecular weight is 339 g/mol. The highest BCUT2D eigenvalue weighted by Gasteiger charge is 2.13. The molecule has 0 saturated carbocycles. The van der Waals surface area contributed by atoms with Gasteiger partial charge >= 0.3 is 6.01 Å². The first kappa shape index (κ1) is 14.2. The number of halogens is 1. The lowest BCUT2D eigenvalue weighted by molar-refractivity contribution is 0.102. The zero-order valence-electron chi connectivity index (χ0n) is 10.8. The molecule has 0 aliphatic heterocycles. The predicted molar refractivity (Wildman–Crippen MR) is 75.0 cm³/mol. The van der Waals surface area contributed by atoms with Gasteiger partial charge in [-0.15, -0.1) is 0 Å². The summed E-state index contributed by atoms with van der Waals surface area (Å²) in [4.78, 5) is 23.9. The Hall–Kier alpha value is -2.22. The third kappa shape index (κ3) is 3.21. The number of carbonyl (C=O) groups is 1. The van der Waals surface area contributed by atoms with Gasteiger partial charge in [0.25, 0.3) is 5.91 Å². The molecule has 1 N–H and O–H groups in total. The predicted octanol–water partition coefficient (Wildman–Crippen LogP) is 1.90. The van der Waals surface area contributed by atoms with Gasteiger partial charge in [-0.1, -0.05) is 0 Å². The van der Waals surface area contributed by atoms with E-state index >= 15 is 0 Å². The summed E-state index contributed by atoms with van der Waals surface area (Å²) in [6.45, 7) is 0. The number of anilines is 1. The van der Waals surface area contributed by atoms with E-state index in [0.29, 0.717) is 15.7 Å². The summed E-state index contributed by atoms with van der Waals surface area (Å²) in [6.07, 6.45) is 4.46. The fourth-order valence-electron chi connectivity index (χ4n) is 1.42. The van der Waals surface area contributed by atoms with Crippen LogP contribution in [-0.2, 0) is 0 Å². The molecule has 0 radical (unpaired) electrons. The lowest BCUT2D eigenvalue weighted by atomic mass is 10.2. The Kier molecular flexibility index (Phi) is 4.46. The maximum atomic E-state index is 12.1. The van der Waals surface area contributed by atoms with E-state index in [-0.39, 0.29) is 17.8 Å². The summed E-state index contributed by atoms with van der Waals surface area (Å²) < 4.78 is 10.7. The molecule has 0 saturated heterocycles. The van der Waals surface area contributed by atoms with Crippen molar-refractivity contribution in [3.63, 3.8) is 0 Å². The lowest BCUT2D eigenvalue weighted by Crippen LogP contribution is -2.14. The van der Waals surface area contributed by atoms with Crippen LogP contribution in [0.3, 0.4) is 0 Å². The monoisotopic (exact) mass is 338 g/mol. The molecule has 8 heteroatoms. The Bertz CT molecular complexity index is 636. The van der Waals surface area contributed by atoms with Gasteiger partial charge < -0.3 is 14.8 Å². The van der Waals surface area contributed by atoms with E-state index in [4.69, 9.17) is 9.47 Å². The van der Waals surface area contributed by atoms with Gasteiger partial charge in [-0.2, -0.15) is 4.98 Å². The van der Waals surface area contributed by atoms with Crippen LogP contribution in [0.4, 0.5) is 5.69 Å². The zero-order chi connectivity index (χ0) is 14.5. The van der Waals surface area contributed by atoms with Gasteiger partial charge in [-0.05, 0) is 22.0 Å². The first-order chi connectivity index (χ1) is 9.63. The van der Waals surface area contributed by atoms with Crippen molar-refractivity contribution < 1.29 is 14.3 Å². The number of carbonyl (C=O) groups excluding carboxylic acids is 1. The quantitative estimate of drug-likeness (QED) is 0.916. The second kappa shape index (κ2) is 6.29. The number of hydrogen-bond donors (Lipinski definition) is 1. The van der Waals surface area contributed by atoms with Crippen LogP contribution in [0, 0.1) is 0 Å². The highest BCUT2D eigenvalue weighted by molar-refractivity contribution is 9.10. The molecule has 2 aromatic rings. The number of nitrogens with one attached hydrogen (secondary N) is 1. The number of hydrogen-bond acceptors (Lipinski definition) is 6. The van der Waals surface area contributed by atoms with E-state index < -0.39 is 0 Å². The molecule has 0 unspecified atom stereocenters. The first-order valence-corrected chi connectivity index (χ1v) is 6.30. The molecular formula is C12H11BrN4O3. The number of ether oxygens (including phenoxy) is 2. The maximum Gasteiger partial charge on any atom is 0.319 e. The highest BCUT2D eigenvalue weighted by atomic mass is 79.9. The van der Waals surface area contributed by atoms with E-state index in [1.54, 1.807) is 12.3 Å². The molecule has 0 fully saturated rings. The smallest absolute Gasteiger partial charge is 0.319 e. The fourth-order valence-corrected chi connectivity index (χ4v) is 1.79. The SMILES string of the molecule is COc1ncc(NC(=O)c2cncc(Br)c2)c(OC)n1. The van der Waals surface area contributed by atoms with Crippen molar-refractivity contribution >= 4 is 27.5 Å². The maximum absolute atomic E-state index is 12.1. The average Bonchev–Trinajstić information content (AvgIpc) is 2.47. The highest BCUT2D eigenvalue weighted by Crippen LogP contribution is 2.23. The van der Waals surface area contributed by atoms with Crippen molar-refractivity contribution in [3.05, 3.63) is 34.7 Å². The van der Waals surface area contributed by atoms with Crippen molar-refractivity contribution in [1.29, 1.82) is 0 Å². The molecule has 0 aromatic carbocycles. The molecule has 20 heavy (non-hydrogen) atoms. The third-order valence-electron chi connectivity index (χ3n) is 2.32. The van der Waals surface area contributed by atoms with Crippen LogP contribution >= 0.6 is 15.9 Å². The van der Waals surface area contributed by atoms with Gasteiger partial charge in [0.05, 0.1) is 26.0 Å². The Morgan fingerprint density at radius 1 is 1.25 bits per heavy atom. The molecule has 1 amide bonds. The van der Waals surface area contributed by atoms with E-state index in [9.17, 15) is 4.79 Å². The zero-order valence-corrected chi connectivity index (χ0v) is 12.3. The van der Waals surface area contributed by atoms with Crippen molar-refractivity contribution in [1.82, 2.24) is 15.0 Å². The number of pyridine rings is 1. The van der Waals surface area contributed by atoms with Crippen LogP contribution in [0.1, 0.15) is 10.4 Å². The molecule has 104 valence electrons. The molecule has 0 spiro atoms. The summed E-state index contributed by atoms with van der Waals surface area (Å²) >= 11 is 3.25. The largest absolute Gasteiger partial charge is 0.479 e. The normalized spacial score (nSPS) is 9.95. The summed E-state index contributed by atoms with van der Waals surface area (Å²) in [5.74, 6) is -0.126. The van der Waals surface area contributed by atoms with Crippen LogP contribution in [0.2, 0.25) is 0 Å². The molecular weight excluding hydrogens is 328 g/mol.